The van der Waals surface area contributed by atoms with E-state index in [0.29, 0.717) is 21.5 Å². The van der Waals surface area contributed by atoms with Gasteiger partial charge in [-0.15, -0.1) is 0 Å². The summed E-state index contributed by atoms with van der Waals surface area (Å²) in [4.78, 5) is 0. The molecule has 19 heavy (non-hydrogen) atoms. The standard InChI is InChI=1S/C14H14BrCl2NO/c1-2-18-6-10-11(7-3-4-7)12-13(17)8(15)5-9(16)14(12)19-10/h5,7,18H,2-4,6H2,1H3. The van der Waals surface area contributed by atoms with Crippen LogP contribution in [0.4, 0.5) is 0 Å². The van der Waals surface area contributed by atoms with Crippen LogP contribution in [0, 0.1) is 0 Å². The van der Waals surface area contributed by atoms with Crippen LogP contribution in [0.15, 0.2) is 15.0 Å². The van der Waals surface area contributed by atoms with Gasteiger partial charge in [0.1, 0.15) is 5.76 Å². The molecule has 102 valence electrons. The zero-order valence-electron chi connectivity index (χ0n) is 10.5. The Balaban J connectivity index is 2.24. The molecule has 0 saturated heterocycles. The maximum atomic E-state index is 6.44. The average Bonchev–Trinajstić information content (AvgIpc) is 3.14. The molecule has 0 radical (unpaired) electrons. The van der Waals surface area contributed by atoms with Gasteiger partial charge in [0.15, 0.2) is 5.58 Å². The molecule has 1 N–H and O–H groups in total. The van der Waals surface area contributed by atoms with E-state index in [1.54, 1.807) is 6.07 Å². The second kappa shape index (κ2) is 5.28. The number of rotatable bonds is 4. The Morgan fingerprint density at radius 2 is 2.16 bits per heavy atom. The molecule has 2 aromatic rings. The van der Waals surface area contributed by atoms with Crippen molar-refractivity contribution in [2.24, 2.45) is 0 Å². The summed E-state index contributed by atoms with van der Waals surface area (Å²) in [6.45, 7) is 3.71. The van der Waals surface area contributed by atoms with Gasteiger partial charge in [0.25, 0.3) is 0 Å². The Hall–Kier alpha value is -0.220. The average molecular weight is 363 g/mol. The van der Waals surface area contributed by atoms with Gasteiger partial charge in [-0.25, -0.2) is 0 Å². The van der Waals surface area contributed by atoms with Crippen LogP contribution in [-0.4, -0.2) is 6.54 Å². The van der Waals surface area contributed by atoms with Crippen LogP contribution in [0.25, 0.3) is 11.0 Å². The minimum absolute atomic E-state index is 0.567. The van der Waals surface area contributed by atoms with Crippen LogP contribution in [0.2, 0.25) is 10.0 Å². The van der Waals surface area contributed by atoms with E-state index in [0.717, 1.165) is 28.7 Å². The SMILES string of the molecule is CCNCc1oc2c(Cl)cc(Br)c(Cl)c2c1C1CC1. The summed E-state index contributed by atoms with van der Waals surface area (Å²) in [7, 11) is 0. The van der Waals surface area contributed by atoms with Crippen molar-refractivity contribution in [3.05, 3.63) is 31.9 Å². The van der Waals surface area contributed by atoms with E-state index >= 15 is 0 Å². The van der Waals surface area contributed by atoms with Crippen LogP contribution in [-0.2, 0) is 6.54 Å². The lowest BCUT2D eigenvalue weighted by Crippen LogP contribution is -2.12. The lowest BCUT2D eigenvalue weighted by molar-refractivity contribution is 0.514. The largest absolute Gasteiger partial charge is 0.458 e. The Morgan fingerprint density at radius 3 is 2.79 bits per heavy atom. The number of furan rings is 1. The quantitative estimate of drug-likeness (QED) is 0.727. The lowest BCUT2D eigenvalue weighted by Gasteiger charge is -2.03. The molecular formula is C14H14BrCl2NO. The lowest BCUT2D eigenvalue weighted by atomic mass is 10.1. The molecule has 0 spiro atoms. The van der Waals surface area contributed by atoms with E-state index in [1.807, 2.05) is 0 Å². The number of hydrogen-bond donors (Lipinski definition) is 1. The predicted molar refractivity (Wildman–Crippen MR) is 83.3 cm³/mol. The van der Waals surface area contributed by atoms with Crippen LogP contribution in [0.3, 0.4) is 0 Å². The summed E-state index contributed by atoms with van der Waals surface area (Å²) in [6, 6.07) is 1.80. The molecule has 2 nitrogen and oxygen atoms in total. The Bertz CT molecular complexity index is 634. The fourth-order valence-corrected chi connectivity index (χ4v) is 3.45. The van der Waals surface area contributed by atoms with E-state index < -0.39 is 0 Å². The fourth-order valence-electron chi connectivity index (χ4n) is 2.41. The number of nitrogens with one attached hydrogen (secondary N) is 1. The summed E-state index contributed by atoms with van der Waals surface area (Å²) < 4.78 is 6.79. The third kappa shape index (κ3) is 2.42. The molecule has 0 bridgehead atoms. The van der Waals surface area contributed by atoms with E-state index in [-0.39, 0.29) is 0 Å². The predicted octanol–water partition coefficient (Wildman–Crippen LogP) is 5.49. The summed E-state index contributed by atoms with van der Waals surface area (Å²) in [5.41, 5.74) is 1.95. The molecule has 1 fully saturated rings. The fraction of sp³-hybridized carbons (Fsp3) is 0.429. The van der Waals surface area contributed by atoms with E-state index in [4.69, 9.17) is 27.6 Å². The van der Waals surface area contributed by atoms with Gasteiger partial charge in [-0.3, -0.25) is 0 Å². The van der Waals surface area contributed by atoms with Gasteiger partial charge in [0, 0.05) is 15.4 Å². The zero-order chi connectivity index (χ0) is 13.6. The number of benzene rings is 1. The minimum Gasteiger partial charge on any atom is -0.458 e. The molecule has 1 aliphatic carbocycles. The van der Waals surface area contributed by atoms with E-state index in [9.17, 15) is 0 Å². The minimum atomic E-state index is 0.567. The van der Waals surface area contributed by atoms with Crippen molar-refractivity contribution in [3.63, 3.8) is 0 Å². The Labute approximate surface area is 130 Å². The van der Waals surface area contributed by atoms with Crippen molar-refractivity contribution in [1.82, 2.24) is 5.32 Å². The Kier molecular flexibility index (Phi) is 3.82. The molecule has 1 aromatic carbocycles. The van der Waals surface area contributed by atoms with Crippen molar-refractivity contribution in [1.29, 1.82) is 0 Å². The third-order valence-electron chi connectivity index (χ3n) is 3.44. The first-order chi connectivity index (χ1) is 9.13. The molecule has 0 aliphatic heterocycles. The highest BCUT2D eigenvalue weighted by Crippen LogP contribution is 2.50. The maximum Gasteiger partial charge on any atom is 0.154 e. The first-order valence-corrected chi connectivity index (χ1v) is 7.97. The molecule has 0 atom stereocenters. The molecular weight excluding hydrogens is 349 g/mol. The van der Waals surface area contributed by atoms with Crippen molar-refractivity contribution in [2.75, 3.05) is 6.54 Å². The van der Waals surface area contributed by atoms with Gasteiger partial charge >= 0.3 is 0 Å². The Morgan fingerprint density at radius 1 is 1.42 bits per heavy atom. The second-order valence-electron chi connectivity index (χ2n) is 4.85. The monoisotopic (exact) mass is 361 g/mol. The van der Waals surface area contributed by atoms with Gasteiger partial charge < -0.3 is 9.73 Å². The normalized spacial score (nSPS) is 15.4. The van der Waals surface area contributed by atoms with Crippen LogP contribution in [0.5, 0.6) is 0 Å². The van der Waals surface area contributed by atoms with Crippen molar-refractivity contribution >= 4 is 50.1 Å². The molecule has 3 rings (SSSR count). The molecule has 5 heteroatoms. The highest BCUT2D eigenvalue weighted by atomic mass is 79.9. The van der Waals surface area contributed by atoms with Crippen molar-refractivity contribution in [3.8, 4) is 0 Å². The van der Waals surface area contributed by atoms with Gasteiger partial charge in [0.05, 0.1) is 16.6 Å². The number of hydrogen-bond acceptors (Lipinski definition) is 2. The summed E-state index contributed by atoms with van der Waals surface area (Å²) in [6.07, 6.45) is 2.41. The molecule has 1 aliphatic rings. The first kappa shape index (κ1) is 13.7. The maximum absolute atomic E-state index is 6.44. The van der Waals surface area contributed by atoms with E-state index in [2.05, 4.69) is 28.2 Å². The molecule has 0 amide bonds. The van der Waals surface area contributed by atoms with Gasteiger partial charge in [-0.05, 0) is 47.3 Å². The van der Waals surface area contributed by atoms with Crippen LogP contribution >= 0.6 is 39.1 Å². The molecule has 1 heterocycles. The van der Waals surface area contributed by atoms with Gasteiger partial charge in [0.2, 0.25) is 0 Å². The molecule has 0 unspecified atom stereocenters. The van der Waals surface area contributed by atoms with Crippen molar-refractivity contribution in [2.45, 2.75) is 32.2 Å². The topological polar surface area (TPSA) is 25.2 Å². The highest BCUT2D eigenvalue weighted by Gasteiger charge is 2.32. The smallest absolute Gasteiger partial charge is 0.154 e. The first-order valence-electron chi connectivity index (χ1n) is 6.43. The zero-order valence-corrected chi connectivity index (χ0v) is 13.6. The second-order valence-corrected chi connectivity index (χ2v) is 6.49. The van der Waals surface area contributed by atoms with Crippen LogP contribution < -0.4 is 5.32 Å². The molecule has 1 saturated carbocycles. The third-order valence-corrected chi connectivity index (χ3v) is 4.97. The van der Waals surface area contributed by atoms with Crippen LogP contribution in [0.1, 0.15) is 37.0 Å². The summed E-state index contributed by atoms with van der Waals surface area (Å²) in [5, 5.41) is 5.60. The van der Waals surface area contributed by atoms with Gasteiger partial charge in [-0.2, -0.15) is 0 Å². The number of halogens is 3. The van der Waals surface area contributed by atoms with Gasteiger partial charge in [-0.1, -0.05) is 30.1 Å². The highest BCUT2D eigenvalue weighted by molar-refractivity contribution is 9.10. The summed E-state index contributed by atoms with van der Waals surface area (Å²) >= 11 is 16.2. The van der Waals surface area contributed by atoms with Crippen molar-refractivity contribution < 1.29 is 4.42 Å². The number of fused-ring (bicyclic) bond motifs is 1. The molecule has 1 aromatic heterocycles. The van der Waals surface area contributed by atoms with E-state index in [1.165, 1.54) is 18.4 Å². The summed E-state index contributed by atoms with van der Waals surface area (Å²) in [5.74, 6) is 1.54.